The Morgan fingerprint density at radius 2 is 0.544 bits per heavy atom. The van der Waals surface area contributed by atoms with E-state index in [0.717, 1.165) is 111 Å². The van der Waals surface area contributed by atoms with Crippen LogP contribution in [0, 0.1) is 0 Å². The standard InChI is InChI=1S/C132H133N3O/c1-11-15-33-92-43-67-106(68-44-92)134(107-69-45-93(46-70-107)34-16-12-2)110-75-63-104(64-76-110)131(105-65-77-111(78-66-105)135(108-71-47-94(48-72-108)35-17-13-3)109-73-49-95(50-74-109)36-18-14-4)122-87-98(96-51-59-102(60-52-96)129(5,6)7)55-80-114(122)115-82-57-100(89-123(115)131)101-58-83-117-116-81-56-99(97-53-61-103(62-54-97)130(8,9)10)88-124(116)132(125(117)90-101)121-40-28-25-37-113(121)118-84-79-112(91-126(118)132)136-86-32-24-22-20-19-21-23-31-85-133-127-41-29-26-38-119(127)120-39-27-30-42-128(120)133/h25-30,37-84,87-91H,11-24,31-36,85-86H2,1-10H3. The minimum Gasteiger partial charge on any atom is -0.494 e. The number of ether oxygens (including phenoxy) is 1. The van der Waals surface area contributed by atoms with Crippen LogP contribution >= 0.6 is 0 Å². The van der Waals surface area contributed by atoms with Gasteiger partial charge in [-0.2, -0.15) is 0 Å². The second-order valence-corrected chi connectivity index (χ2v) is 41.2. The van der Waals surface area contributed by atoms with Gasteiger partial charge < -0.3 is 19.1 Å². The topological polar surface area (TPSA) is 20.6 Å². The maximum absolute atomic E-state index is 7.07. The first kappa shape index (κ1) is 90.5. The summed E-state index contributed by atoms with van der Waals surface area (Å²) in [6.45, 7) is 24.8. The zero-order chi connectivity index (χ0) is 93.1. The van der Waals surface area contributed by atoms with Gasteiger partial charge in [0, 0.05) is 62.5 Å². The molecule has 16 aromatic carbocycles. The van der Waals surface area contributed by atoms with Gasteiger partial charge in [0.25, 0.3) is 0 Å². The van der Waals surface area contributed by atoms with Crippen molar-refractivity contribution in [2.24, 2.45) is 0 Å². The predicted octanol–water partition coefficient (Wildman–Crippen LogP) is 36.6. The first-order chi connectivity index (χ1) is 66.5. The molecule has 1 unspecified atom stereocenters. The molecule has 17 aromatic rings. The van der Waals surface area contributed by atoms with Crippen LogP contribution in [0.25, 0.3) is 88.6 Å². The smallest absolute Gasteiger partial charge is 0.119 e. The highest BCUT2D eigenvalue weighted by atomic mass is 16.5. The van der Waals surface area contributed by atoms with Gasteiger partial charge in [0.05, 0.1) is 17.4 Å². The molecule has 1 atom stereocenters. The highest BCUT2D eigenvalue weighted by Gasteiger charge is 2.53. The molecule has 0 aliphatic heterocycles. The summed E-state index contributed by atoms with van der Waals surface area (Å²) in [5.74, 6) is 0.927. The lowest BCUT2D eigenvalue weighted by molar-refractivity contribution is 0.304. The number of hydrogen-bond donors (Lipinski definition) is 0. The van der Waals surface area contributed by atoms with Crippen LogP contribution < -0.4 is 14.5 Å². The predicted molar refractivity (Wildman–Crippen MR) is 579 cm³/mol. The van der Waals surface area contributed by atoms with E-state index in [4.69, 9.17) is 4.74 Å². The average molecular weight is 1780 g/mol. The van der Waals surface area contributed by atoms with Crippen molar-refractivity contribution in [2.45, 2.75) is 226 Å². The number of unbranched alkanes of at least 4 members (excludes halogenated alkanes) is 11. The highest BCUT2D eigenvalue weighted by Crippen LogP contribution is 2.65. The molecule has 20 rings (SSSR count). The fraction of sp³-hybridized carbons (Fsp3) is 0.273. The van der Waals surface area contributed by atoms with Crippen LogP contribution in [-0.4, -0.2) is 11.2 Å². The Labute approximate surface area is 810 Å². The molecule has 0 fully saturated rings. The number of rotatable bonds is 35. The van der Waals surface area contributed by atoms with Gasteiger partial charge in [-0.1, -0.05) is 370 Å². The van der Waals surface area contributed by atoms with Crippen LogP contribution in [0.15, 0.2) is 358 Å². The molecule has 4 heteroatoms. The van der Waals surface area contributed by atoms with Crippen molar-refractivity contribution in [3.8, 4) is 72.5 Å². The summed E-state index contributed by atoms with van der Waals surface area (Å²) < 4.78 is 9.61. The monoisotopic (exact) mass is 1780 g/mol. The number of para-hydroxylation sites is 2. The number of benzene rings is 16. The summed E-state index contributed by atoms with van der Waals surface area (Å²) in [5.41, 5.74) is 40.9. The molecular formula is C132H133N3O. The van der Waals surface area contributed by atoms with Crippen LogP contribution in [0.3, 0.4) is 0 Å². The van der Waals surface area contributed by atoms with E-state index in [1.165, 1.54) is 231 Å². The van der Waals surface area contributed by atoms with E-state index in [1.807, 2.05) is 0 Å². The normalized spacial score (nSPS) is 13.8. The van der Waals surface area contributed by atoms with E-state index in [0.29, 0.717) is 6.61 Å². The van der Waals surface area contributed by atoms with E-state index in [9.17, 15) is 0 Å². The van der Waals surface area contributed by atoms with Crippen molar-refractivity contribution in [1.82, 2.24) is 4.57 Å². The second-order valence-electron chi connectivity index (χ2n) is 41.2. The van der Waals surface area contributed by atoms with Crippen molar-refractivity contribution >= 4 is 55.9 Å². The van der Waals surface area contributed by atoms with Crippen LogP contribution in [0.4, 0.5) is 34.1 Å². The van der Waals surface area contributed by atoms with Gasteiger partial charge in [0.2, 0.25) is 0 Å². The Bertz CT molecular complexity index is 6770. The Balaban J connectivity index is 0.716. The van der Waals surface area contributed by atoms with Gasteiger partial charge in [-0.15, -0.1) is 0 Å². The first-order valence-electron chi connectivity index (χ1n) is 51.3. The van der Waals surface area contributed by atoms with E-state index < -0.39 is 10.8 Å². The third kappa shape index (κ3) is 17.5. The lowest BCUT2D eigenvalue weighted by atomic mass is 9.67. The van der Waals surface area contributed by atoms with Crippen molar-refractivity contribution < 1.29 is 4.74 Å². The number of hydrogen-bond acceptors (Lipinski definition) is 3. The molecule has 4 nitrogen and oxygen atoms in total. The molecular weight excluding hydrogens is 1640 g/mol. The van der Waals surface area contributed by atoms with E-state index >= 15 is 0 Å². The van der Waals surface area contributed by atoms with Crippen molar-refractivity contribution in [2.75, 3.05) is 16.4 Å². The first-order valence-corrected chi connectivity index (χ1v) is 51.3. The molecule has 0 saturated heterocycles. The minimum atomic E-state index is -0.857. The molecule has 1 aromatic heterocycles. The fourth-order valence-corrected chi connectivity index (χ4v) is 22.7. The van der Waals surface area contributed by atoms with Crippen molar-refractivity contribution in [3.63, 3.8) is 0 Å². The molecule has 136 heavy (non-hydrogen) atoms. The van der Waals surface area contributed by atoms with Gasteiger partial charge in [0.1, 0.15) is 5.75 Å². The van der Waals surface area contributed by atoms with Crippen LogP contribution in [0.5, 0.6) is 5.75 Å². The number of fused-ring (bicyclic) bond motifs is 16. The number of aryl methyl sites for hydroxylation is 5. The molecule has 1 spiro atoms. The zero-order valence-corrected chi connectivity index (χ0v) is 81.9. The third-order valence-electron chi connectivity index (χ3n) is 30.2. The second kappa shape index (κ2) is 39.2. The van der Waals surface area contributed by atoms with Gasteiger partial charge in [-0.05, 0) is 341 Å². The van der Waals surface area contributed by atoms with Gasteiger partial charge >= 0.3 is 0 Å². The Hall–Kier alpha value is -13.3. The summed E-state index contributed by atoms with van der Waals surface area (Å²) in [4.78, 5) is 4.96. The minimum absolute atomic E-state index is 0.00318. The molecule has 3 aliphatic rings. The lowest BCUT2D eigenvalue weighted by Gasteiger charge is -2.35. The van der Waals surface area contributed by atoms with Gasteiger partial charge in [0.15, 0.2) is 0 Å². The van der Waals surface area contributed by atoms with Crippen molar-refractivity contribution in [3.05, 3.63) is 436 Å². The van der Waals surface area contributed by atoms with Crippen LogP contribution in [-0.2, 0) is 53.9 Å². The summed E-state index contributed by atoms with van der Waals surface area (Å²) in [5, 5.41) is 2.72. The fourth-order valence-electron chi connectivity index (χ4n) is 22.7. The molecule has 0 bridgehead atoms. The molecule has 0 amide bonds. The van der Waals surface area contributed by atoms with Crippen LogP contribution in [0.1, 0.15) is 250 Å². The summed E-state index contributed by atoms with van der Waals surface area (Å²) in [6, 6.07) is 140. The maximum Gasteiger partial charge on any atom is 0.119 e. The van der Waals surface area contributed by atoms with Gasteiger partial charge in [-0.25, -0.2) is 0 Å². The van der Waals surface area contributed by atoms with Crippen molar-refractivity contribution in [1.29, 1.82) is 0 Å². The summed E-state index contributed by atoms with van der Waals surface area (Å²) >= 11 is 0. The molecule has 0 N–H and O–H groups in total. The molecule has 0 saturated carbocycles. The third-order valence-corrected chi connectivity index (χ3v) is 30.2. The largest absolute Gasteiger partial charge is 0.494 e. The lowest BCUT2D eigenvalue weighted by Crippen LogP contribution is -2.29. The SMILES string of the molecule is CCCCc1ccc(N(c2ccc(CCCC)cc2)c2ccc(C3(c4ccc(N(c5ccc(CCCC)cc5)c5ccc(CCCC)cc5)cc4)c4cc(-c5ccc(C(C)(C)C)cc5)ccc4-c4ccc(-c5ccc6c(c5)C5(c7ccccc7-c7ccc(OCCCCCCCCCCn8c9ccccc9c9ccccc98)cc75)c5cc(-c7ccc(C(C)(C)C)cc7)ccc5-6)cc43)cc2)cc1. The average Bonchev–Trinajstić information content (AvgIpc) is 1.51. The number of nitrogens with zero attached hydrogens (tertiary/aromatic N) is 3. The van der Waals surface area contributed by atoms with Crippen LogP contribution in [0.2, 0.25) is 0 Å². The molecule has 682 valence electrons. The molecule has 3 aliphatic carbocycles. The van der Waals surface area contributed by atoms with E-state index in [-0.39, 0.29) is 10.8 Å². The van der Waals surface area contributed by atoms with E-state index in [2.05, 4.69) is 442 Å². The number of anilines is 6. The maximum atomic E-state index is 7.07. The summed E-state index contributed by atoms with van der Waals surface area (Å²) in [6.07, 6.45) is 23.2. The molecule has 0 radical (unpaired) electrons. The highest BCUT2D eigenvalue weighted by molar-refractivity contribution is 6.08. The zero-order valence-electron chi connectivity index (χ0n) is 81.9. The Kier molecular flexibility index (Phi) is 26.1. The number of aromatic nitrogens is 1. The Morgan fingerprint density at radius 1 is 0.250 bits per heavy atom. The van der Waals surface area contributed by atoms with E-state index in [1.54, 1.807) is 0 Å². The summed E-state index contributed by atoms with van der Waals surface area (Å²) in [7, 11) is 0. The van der Waals surface area contributed by atoms with Gasteiger partial charge in [-0.3, -0.25) is 0 Å². The molecule has 1 heterocycles. The quantitative estimate of drug-likeness (QED) is 0.0369. The Morgan fingerprint density at radius 3 is 0.912 bits per heavy atom.